The van der Waals surface area contributed by atoms with Gasteiger partial charge in [0.2, 0.25) is 5.91 Å². The van der Waals surface area contributed by atoms with Gasteiger partial charge in [-0.25, -0.2) is 0 Å². The molecule has 1 aliphatic heterocycles. The number of amides is 1. The van der Waals surface area contributed by atoms with Gasteiger partial charge in [-0.2, -0.15) is 0 Å². The van der Waals surface area contributed by atoms with E-state index in [1.165, 1.54) is 0 Å². The number of hydrogen-bond acceptors (Lipinski definition) is 3. The molecule has 1 fully saturated rings. The van der Waals surface area contributed by atoms with Gasteiger partial charge in [0.15, 0.2) is 0 Å². The maximum atomic E-state index is 12.0. The first-order valence-corrected chi connectivity index (χ1v) is 6.87. The first-order valence-electron chi connectivity index (χ1n) is 6.87. The highest BCUT2D eigenvalue weighted by Crippen LogP contribution is 2.19. The third-order valence-electron chi connectivity index (χ3n) is 3.77. The minimum Gasteiger partial charge on any atom is -0.398 e. The number of para-hydroxylation sites is 1. The Bertz CT molecular complexity index is 428. The van der Waals surface area contributed by atoms with E-state index in [1.807, 2.05) is 24.3 Å². The van der Waals surface area contributed by atoms with Crippen molar-refractivity contribution in [1.29, 1.82) is 0 Å². The van der Waals surface area contributed by atoms with Gasteiger partial charge in [0, 0.05) is 24.9 Å². The fourth-order valence-corrected chi connectivity index (χ4v) is 2.51. The van der Waals surface area contributed by atoms with Crippen molar-refractivity contribution >= 4 is 11.6 Å². The molecule has 1 aromatic rings. The molecule has 0 spiro atoms. The Morgan fingerprint density at radius 1 is 1.42 bits per heavy atom. The van der Waals surface area contributed by atoms with Crippen molar-refractivity contribution in [3.63, 3.8) is 0 Å². The van der Waals surface area contributed by atoms with Crippen LogP contribution < -0.4 is 11.1 Å². The lowest BCUT2D eigenvalue weighted by Crippen LogP contribution is -2.41. The quantitative estimate of drug-likeness (QED) is 0.812. The monoisotopic (exact) mass is 262 g/mol. The molecule has 1 aromatic carbocycles. The molecule has 3 N–H and O–H groups in total. The van der Waals surface area contributed by atoms with E-state index in [9.17, 15) is 4.79 Å². The lowest BCUT2D eigenvalue weighted by atomic mass is 9.93. The summed E-state index contributed by atoms with van der Waals surface area (Å²) in [5.41, 5.74) is 7.41. The number of carbonyl (C=O) groups excluding carboxylic acids is 1. The molecule has 2 rings (SSSR count). The molecule has 0 aromatic heterocycles. The number of anilines is 1. The first kappa shape index (κ1) is 13.9. The minimum absolute atomic E-state index is 0.0388. The van der Waals surface area contributed by atoms with Crippen molar-refractivity contribution in [2.75, 3.05) is 18.9 Å². The molecule has 1 amide bonds. The van der Waals surface area contributed by atoms with E-state index in [1.54, 1.807) is 0 Å². The van der Waals surface area contributed by atoms with Crippen LogP contribution in [-0.2, 0) is 16.0 Å². The molecular weight excluding hydrogens is 240 g/mol. The SMILES string of the molecule is CC(NC(=O)Cc1ccccc1N)C1CCOCC1. The molecule has 4 nitrogen and oxygen atoms in total. The van der Waals surface area contributed by atoms with Crippen LogP contribution in [0.5, 0.6) is 0 Å². The number of hydrogen-bond donors (Lipinski definition) is 2. The number of benzene rings is 1. The average molecular weight is 262 g/mol. The van der Waals surface area contributed by atoms with Crippen LogP contribution in [0.2, 0.25) is 0 Å². The van der Waals surface area contributed by atoms with Gasteiger partial charge in [-0.05, 0) is 37.3 Å². The summed E-state index contributed by atoms with van der Waals surface area (Å²) in [6.45, 7) is 3.68. The van der Waals surface area contributed by atoms with E-state index in [0.29, 0.717) is 18.0 Å². The summed E-state index contributed by atoms with van der Waals surface area (Å²) < 4.78 is 5.34. The summed E-state index contributed by atoms with van der Waals surface area (Å²) in [6.07, 6.45) is 2.39. The van der Waals surface area contributed by atoms with Crippen molar-refractivity contribution in [3.8, 4) is 0 Å². The van der Waals surface area contributed by atoms with Gasteiger partial charge in [0.25, 0.3) is 0 Å². The third-order valence-corrected chi connectivity index (χ3v) is 3.77. The highest BCUT2D eigenvalue weighted by molar-refractivity contribution is 5.80. The number of nitrogens with two attached hydrogens (primary N) is 1. The molecule has 1 saturated heterocycles. The highest BCUT2D eigenvalue weighted by Gasteiger charge is 2.21. The van der Waals surface area contributed by atoms with Crippen LogP contribution in [0, 0.1) is 5.92 Å². The second kappa shape index (κ2) is 6.57. The summed E-state index contributed by atoms with van der Waals surface area (Å²) in [6, 6.07) is 7.70. The Kier molecular flexibility index (Phi) is 4.80. The van der Waals surface area contributed by atoms with Crippen molar-refractivity contribution in [2.45, 2.75) is 32.2 Å². The van der Waals surface area contributed by atoms with E-state index in [4.69, 9.17) is 10.5 Å². The van der Waals surface area contributed by atoms with Crippen molar-refractivity contribution in [2.24, 2.45) is 5.92 Å². The lowest BCUT2D eigenvalue weighted by Gasteiger charge is -2.28. The zero-order valence-electron chi connectivity index (χ0n) is 11.4. The second-order valence-electron chi connectivity index (χ2n) is 5.18. The number of carbonyl (C=O) groups is 1. The summed E-state index contributed by atoms with van der Waals surface area (Å²) in [5, 5.41) is 3.08. The van der Waals surface area contributed by atoms with Gasteiger partial charge in [0.1, 0.15) is 0 Å². The zero-order chi connectivity index (χ0) is 13.7. The topological polar surface area (TPSA) is 64.4 Å². The average Bonchev–Trinajstić information content (AvgIpc) is 2.42. The predicted octanol–water partition coefficient (Wildman–Crippen LogP) is 1.74. The Hall–Kier alpha value is -1.55. The van der Waals surface area contributed by atoms with Gasteiger partial charge in [-0.15, -0.1) is 0 Å². The van der Waals surface area contributed by atoms with E-state index in [0.717, 1.165) is 31.6 Å². The molecule has 1 unspecified atom stereocenters. The van der Waals surface area contributed by atoms with E-state index in [2.05, 4.69) is 12.2 Å². The molecular formula is C15H22N2O2. The molecule has 104 valence electrons. The van der Waals surface area contributed by atoms with Gasteiger partial charge in [-0.1, -0.05) is 18.2 Å². The molecule has 0 bridgehead atoms. The van der Waals surface area contributed by atoms with E-state index in [-0.39, 0.29) is 11.9 Å². The van der Waals surface area contributed by atoms with E-state index >= 15 is 0 Å². The third kappa shape index (κ3) is 3.96. The van der Waals surface area contributed by atoms with Crippen LogP contribution >= 0.6 is 0 Å². The maximum Gasteiger partial charge on any atom is 0.224 e. The Morgan fingerprint density at radius 2 is 2.11 bits per heavy atom. The van der Waals surface area contributed by atoms with Gasteiger partial charge in [-0.3, -0.25) is 4.79 Å². The fraction of sp³-hybridized carbons (Fsp3) is 0.533. The van der Waals surface area contributed by atoms with Gasteiger partial charge in [0.05, 0.1) is 6.42 Å². The smallest absolute Gasteiger partial charge is 0.224 e. The number of rotatable bonds is 4. The molecule has 1 heterocycles. The molecule has 19 heavy (non-hydrogen) atoms. The van der Waals surface area contributed by atoms with Crippen LogP contribution in [0.4, 0.5) is 5.69 Å². The standard InChI is InChI=1S/C15H22N2O2/c1-11(12-6-8-19-9-7-12)17-15(18)10-13-4-2-3-5-14(13)16/h2-5,11-12H,6-10,16H2,1H3,(H,17,18). The molecule has 0 aliphatic carbocycles. The van der Waals surface area contributed by atoms with Gasteiger partial charge < -0.3 is 15.8 Å². The summed E-state index contributed by atoms with van der Waals surface area (Å²) >= 11 is 0. The van der Waals surface area contributed by atoms with E-state index < -0.39 is 0 Å². The minimum atomic E-state index is 0.0388. The molecule has 1 aliphatic rings. The van der Waals surface area contributed by atoms with Crippen LogP contribution in [0.15, 0.2) is 24.3 Å². The van der Waals surface area contributed by atoms with Gasteiger partial charge >= 0.3 is 0 Å². The van der Waals surface area contributed by atoms with Crippen molar-refractivity contribution in [3.05, 3.63) is 29.8 Å². The Labute approximate surface area is 114 Å². The fourth-order valence-electron chi connectivity index (χ4n) is 2.51. The van der Waals surface area contributed by atoms with Crippen LogP contribution in [0.3, 0.4) is 0 Å². The molecule has 0 saturated carbocycles. The van der Waals surface area contributed by atoms with Crippen LogP contribution in [-0.4, -0.2) is 25.2 Å². The second-order valence-corrected chi connectivity index (χ2v) is 5.18. The summed E-state index contributed by atoms with van der Waals surface area (Å²) in [7, 11) is 0. The molecule has 0 radical (unpaired) electrons. The normalized spacial score (nSPS) is 17.9. The largest absolute Gasteiger partial charge is 0.398 e. The zero-order valence-corrected chi connectivity index (χ0v) is 11.4. The number of ether oxygens (including phenoxy) is 1. The Balaban J connectivity index is 1.85. The van der Waals surface area contributed by atoms with Crippen LogP contribution in [0.1, 0.15) is 25.3 Å². The number of nitrogens with one attached hydrogen (secondary N) is 1. The highest BCUT2D eigenvalue weighted by atomic mass is 16.5. The van der Waals surface area contributed by atoms with Crippen molar-refractivity contribution < 1.29 is 9.53 Å². The summed E-state index contributed by atoms with van der Waals surface area (Å²) in [4.78, 5) is 12.0. The molecule has 4 heteroatoms. The number of nitrogen functional groups attached to an aromatic ring is 1. The Morgan fingerprint density at radius 3 is 2.79 bits per heavy atom. The molecule has 1 atom stereocenters. The lowest BCUT2D eigenvalue weighted by molar-refractivity contribution is -0.121. The van der Waals surface area contributed by atoms with Crippen LogP contribution in [0.25, 0.3) is 0 Å². The maximum absolute atomic E-state index is 12.0. The predicted molar refractivity (Wildman–Crippen MR) is 75.7 cm³/mol. The van der Waals surface area contributed by atoms with Crippen molar-refractivity contribution in [1.82, 2.24) is 5.32 Å². The first-order chi connectivity index (χ1) is 9.16. The summed E-state index contributed by atoms with van der Waals surface area (Å²) in [5.74, 6) is 0.558.